The van der Waals surface area contributed by atoms with E-state index in [0.29, 0.717) is 11.4 Å². The van der Waals surface area contributed by atoms with Gasteiger partial charge in [0, 0.05) is 11.4 Å². The van der Waals surface area contributed by atoms with Gasteiger partial charge in [0.2, 0.25) is 0 Å². The molecular formula is C14H13F2NS. The minimum absolute atomic E-state index is 0.253. The molecule has 4 heteroatoms. The van der Waals surface area contributed by atoms with E-state index in [1.54, 1.807) is 18.2 Å². The van der Waals surface area contributed by atoms with Gasteiger partial charge >= 0.3 is 0 Å². The van der Waals surface area contributed by atoms with Crippen LogP contribution in [0.4, 0.5) is 8.78 Å². The summed E-state index contributed by atoms with van der Waals surface area (Å²) in [6.45, 7) is 0.599. The fourth-order valence-corrected chi connectivity index (χ4v) is 2.56. The second kappa shape index (κ2) is 5.98. The molecule has 0 amide bonds. The Bertz CT molecular complexity index is 526. The minimum Gasteiger partial charge on any atom is -0.316 e. The lowest BCUT2D eigenvalue weighted by molar-refractivity contribution is 0.594. The predicted octanol–water partition coefficient (Wildman–Crippen LogP) is 3.84. The fourth-order valence-electron chi connectivity index (χ4n) is 1.62. The molecule has 0 saturated heterocycles. The molecule has 0 saturated carbocycles. The van der Waals surface area contributed by atoms with Crippen LogP contribution in [-0.4, -0.2) is 7.05 Å². The molecular weight excluding hydrogens is 252 g/mol. The van der Waals surface area contributed by atoms with Crippen LogP contribution in [0.5, 0.6) is 0 Å². The monoisotopic (exact) mass is 265 g/mol. The van der Waals surface area contributed by atoms with E-state index >= 15 is 0 Å². The van der Waals surface area contributed by atoms with Crippen LogP contribution in [0, 0.1) is 11.6 Å². The van der Waals surface area contributed by atoms with Crippen LogP contribution in [0.1, 0.15) is 5.56 Å². The van der Waals surface area contributed by atoms with Crippen molar-refractivity contribution in [2.45, 2.75) is 16.3 Å². The Morgan fingerprint density at radius 3 is 2.44 bits per heavy atom. The zero-order valence-corrected chi connectivity index (χ0v) is 10.7. The van der Waals surface area contributed by atoms with E-state index in [2.05, 4.69) is 5.32 Å². The van der Waals surface area contributed by atoms with Gasteiger partial charge in [-0.05, 0) is 42.9 Å². The topological polar surface area (TPSA) is 12.0 Å². The van der Waals surface area contributed by atoms with E-state index < -0.39 is 0 Å². The van der Waals surface area contributed by atoms with Crippen molar-refractivity contribution >= 4 is 11.8 Å². The quantitative estimate of drug-likeness (QED) is 0.901. The Kier molecular flexibility index (Phi) is 4.33. The van der Waals surface area contributed by atoms with Crippen LogP contribution < -0.4 is 5.32 Å². The summed E-state index contributed by atoms with van der Waals surface area (Å²) < 4.78 is 26.6. The second-order valence-corrected chi connectivity index (χ2v) is 4.90. The van der Waals surface area contributed by atoms with Crippen molar-refractivity contribution < 1.29 is 8.78 Å². The largest absolute Gasteiger partial charge is 0.316 e. The molecule has 94 valence electrons. The third-order valence-corrected chi connectivity index (χ3v) is 3.62. The molecule has 2 rings (SSSR count). The number of rotatable bonds is 4. The van der Waals surface area contributed by atoms with E-state index in [-0.39, 0.29) is 11.6 Å². The van der Waals surface area contributed by atoms with Gasteiger partial charge in [-0.2, -0.15) is 0 Å². The predicted molar refractivity (Wildman–Crippen MR) is 69.7 cm³/mol. The summed E-state index contributed by atoms with van der Waals surface area (Å²) in [5.74, 6) is -0.541. The van der Waals surface area contributed by atoms with E-state index in [1.807, 2.05) is 13.1 Å². The van der Waals surface area contributed by atoms with Crippen molar-refractivity contribution in [1.82, 2.24) is 5.32 Å². The first-order valence-corrected chi connectivity index (χ1v) is 6.38. The van der Waals surface area contributed by atoms with Gasteiger partial charge in [-0.1, -0.05) is 23.9 Å². The molecule has 0 aliphatic heterocycles. The van der Waals surface area contributed by atoms with Gasteiger partial charge in [-0.3, -0.25) is 0 Å². The van der Waals surface area contributed by atoms with Crippen molar-refractivity contribution in [3.8, 4) is 0 Å². The molecule has 0 fully saturated rings. The van der Waals surface area contributed by atoms with Gasteiger partial charge in [0.15, 0.2) is 0 Å². The molecule has 1 N–H and O–H groups in total. The standard InChI is InChI=1S/C14H13F2NS/c1-17-9-10-3-2-4-13(16)14(10)18-12-7-5-11(15)6-8-12/h2-8,17H,9H2,1H3. The summed E-state index contributed by atoms with van der Waals surface area (Å²) in [7, 11) is 1.82. The Morgan fingerprint density at radius 1 is 1.06 bits per heavy atom. The van der Waals surface area contributed by atoms with E-state index in [9.17, 15) is 8.78 Å². The highest BCUT2D eigenvalue weighted by Crippen LogP contribution is 2.32. The van der Waals surface area contributed by atoms with Gasteiger partial charge < -0.3 is 5.32 Å². The summed E-state index contributed by atoms with van der Waals surface area (Å²) in [6.07, 6.45) is 0. The normalized spacial score (nSPS) is 10.6. The van der Waals surface area contributed by atoms with Crippen molar-refractivity contribution in [3.05, 3.63) is 59.7 Å². The number of benzene rings is 2. The van der Waals surface area contributed by atoms with Crippen molar-refractivity contribution in [3.63, 3.8) is 0 Å². The van der Waals surface area contributed by atoms with Crippen LogP contribution in [0.3, 0.4) is 0 Å². The molecule has 18 heavy (non-hydrogen) atoms. The van der Waals surface area contributed by atoms with Crippen LogP contribution in [0.15, 0.2) is 52.3 Å². The number of hydrogen-bond donors (Lipinski definition) is 1. The average Bonchev–Trinajstić information content (AvgIpc) is 2.36. The Balaban J connectivity index is 2.30. The third kappa shape index (κ3) is 3.09. The van der Waals surface area contributed by atoms with E-state index in [1.165, 1.54) is 30.0 Å². The Hall–Kier alpha value is -1.39. The summed E-state index contributed by atoms with van der Waals surface area (Å²) in [6, 6.07) is 11.1. The highest BCUT2D eigenvalue weighted by Gasteiger charge is 2.09. The SMILES string of the molecule is CNCc1cccc(F)c1Sc1ccc(F)cc1. The zero-order valence-electron chi connectivity index (χ0n) is 9.91. The van der Waals surface area contributed by atoms with Gasteiger partial charge in [-0.25, -0.2) is 8.78 Å². The lowest BCUT2D eigenvalue weighted by atomic mass is 10.2. The number of nitrogens with one attached hydrogen (secondary N) is 1. The summed E-state index contributed by atoms with van der Waals surface area (Å²) in [5, 5.41) is 3.01. The summed E-state index contributed by atoms with van der Waals surface area (Å²) in [4.78, 5) is 1.40. The van der Waals surface area contributed by atoms with Crippen LogP contribution in [-0.2, 0) is 6.54 Å². The maximum Gasteiger partial charge on any atom is 0.137 e. The van der Waals surface area contributed by atoms with E-state index in [0.717, 1.165) is 10.5 Å². The van der Waals surface area contributed by atoms with Gasteiger partial charge in [-0.15, -0.1) is 0 Å². The Labute approximate surface area is 109 Å². The molecule has 0 aromatic heterocycles. The first-order chi connectivity index (χ1) is 8.70. The minimum atomic E-state index is -0.289. The van der Waals surface area contributed by atoms with Gasteiger partial charge in [0.1, 0.15) is 11.6 Å². The molecule has 0 aliphatic carbocycles. The highest BCUT2D eigenvalue weighted by atomic mass is 32.2. The smallest absolute Gasteiger partial charge is 0.137 e. The molecule has 0 spiro atoms. The van der Waals surface area contributed by atoms with Gasteiger partial charge in [0.25, 0.3) is 0 Å². The fraction of sp³-hybridized carbons (Fsp3) is 0.143. The molecule has 0 aliphatic rings. The Morgan fingerprint density at radius 2 is 1.78 bits per heavy atom. The number of halogens is 2. The van der Waals surface area contributed by atoms with Crippen LogP contribution >= 0.6 is 11.8 Å². The van der Waals surface area contributed by atoms with Crippen molar-refractivity contribution in [1.29, 1.82) is 0 Å². The molecule has 2 aromatic rings. The summed E-state index contributed by atoms with van der Waals surface area (Å²) >= 11 is 1.31. The molecule has 0 unspecified atom stereocenters. The lowest BCUT2D eigenvalue weighted by Gasteiger charge is -2.09. The van der Waals surface area contributed by atoms with E-state index in [4.69, 9.17) is 0 Å². The van der Waals surface area contributed by atoms with Crippen molar-refractivity contribution in [2.24, 2.45) is 0 Å². The zero-order chi connectivity index (χ0) is 13.0. The number of hydrogen-bond acceptors (Lipinski definition) is 2. The molecule has 0 bridgehead atoms. The maximum absolute atomic E-state index is 13.8. The highest BCUT2D eigenvalue weighted by molar-refractivity contribution is 7.99. The van der Waals surface area contributed by atoms with Gasteiger partial charge in [0.05, 0.1) is 4.90 Å². The molecule has 0 heterocycles. The average molecular weight is 265 g/mol. The molecule has 2 aromatic carbocycles. The molecule has 0 radical (unpaired) electrons. The summed E-state index contributed by atoms with van der Waals surface area (Å²) in [5.41, 5.74) is 0.895. The second-order valence-electron chi connectivity index (χ2n) is 3.81. The molecule has 1 nitrogen and oxygen atoms in total. The third-order valence-electron chi connectivity index (χ3n) is 2.45. The van der Waals surface area contributed by atoms with Crippen molar-refractivity contribution in [2.75, 3.05) is 7.05 Å². The molecule has 0 atom stereocenters. The van der Waals surface area contributed by atoms with Crippen LogP contribution in [0.2, 0.25) is 0 Å². The maximum atomic E-state index is 13.8. The first-order valence-electron chi connectivity index (χ1n) is 5.56. The van der Waals surface area contributed by atoms with Crippen LogP contribution in [0.25, 0.3) is 0 Å². The lowest BCUT2D eigenvalue weighted by Crippen LogP contribution is -2.06. The first kappa shape index (κ1) is 13.1.